The average Bonchev–Trinajstić information content (AvgIpc) is 2.06. The molecule has 0 radical (unpaired) electrons. The topological polar surface area (TPSA) is 18.5 Å². The fraction of sp³-hybridized carbons (Fsp3) is 0.111. The lowest BCUT2D eigenvalue weighted by Crippen LogP contribution is -1.90. The van der Waals surface area contributed by atoms with E-state index in [0.29, 0.717) is 0 Å². The number of hydrogen-bond acceptors (Lipinski definition) is 2. The van der Waals surface area contributed by atoms with Crippen LogP contribution in [0.3, 0.4) is 0 Å². The number of rotatable bonds is 0. The summed E-state index contributed by atoms with van der Waals surface area (Å²) in [5.74, 6) is 0.931. The third-order valence-corrected chi connectivity index (χ3v) is 2.21. The molecule has 1 aromatic rings. The van der Waals surface area contributed by atoms with Crippen molar-refractivity contribution in [2.75, 3.05) is 0 Å². The minimum Gasteiger partial charge on any atom is -0.449 e. The summed E-state index contributed by atoms with van der Waals surface area (Å²) < 4.78 is 10.4. The van der Waals surface area contributed by atoms with Gasteiger partial charge in [0, 0.05) is 0 Å². The second-order valence-corrected chi connectivity index (χ2v) is 3.09. The second-order valence-electron chi connectivity index (χ2n) is 2.49. The second kappa shape index (κ2) is 3.59. The molecular weight excluding hydrogens is 171 g/mol. The summed E-state index contributed by atoms with van der Waals surface area (Å²) in [6, 6.07) is 8.01. The molecule has 0 amide bonds. The van der Waals surface area contributed by atoms with Crippen molar-refractivity contribution >= 4 is 9.03 Å². The monoisotopic (exact) mass is 180 g/mol. The SMILES string of the molecule is C1=C\OPOc2ccccc2C/1. The van der Waals surface area contributed by atoms with Crippen LogP contribution in [0.2, 0.25) is 0 Å². The van der Waals surface area contributed by atoms with Gasteiger partial charge in [-0.05, 0) is 24.1 Å². The van der Waals surface area contributed by atoms with Crippen LogP contribution >= 0.6 is 9.03 Å². The van der Waals surface area contributed by atoms with Crippen molar-refractivity contribution in [3.05, 3.63) is 42.2 Å². The molecule has 0 saturated heterocycles. The van der Waals surface area contributed by atoms with Gasteiger partial charge in [0.1, 0.15) is 5.75 Å². The zero-order chi connectivity index (χ0) is 8.23. The smallest absolute Gasteiger partial charge is 0.274 e. The van der Waals surface area contributed by atoms with Gasteiger partial charge < -0.3 is 9.05 Å². The molecule has 0 aromatic heterocycles. The molecule has 1 aliphatic rings. The molecule has 62 valence electrons. The highest BCUT2D eigenvalue weighted by Gasteiger charge is 2.02. The minimum atomic E-state index is 0.0705. The van der Waals surface area contributed by atoms with Crippen LogP contribution in [0.15, 0.2) is 36.6 Å². The maximum atomic E-state index is 5.38. The first-order chi connectivity index (χ1) is 5.97. The standard InChI is InChI=1S/C9H9O2P/c1-2-6-9-8(4-1)5-3-7-10-12-11-9/h1-4,6-7,12H,5H2/b7-3-. The fourth-order valence-electron chi connectivity index (χ4n) is 1.09. The molecule has 1 unspecified atom stereocenters. The summed E-state index contributed by atoms with van der Waals surface area (Å²) in [4.78, 5) is 0. The lowest BCUT2D eigenvalue weighted by atomic mass is 10.1. The van der Waals surface area contributed by atoms with Gasteiger partial charge in [-0.3, -0.25) is 0 Å². The largest absolute Gasteiger partial charge is 0.449 e. The van der Waals surface area contributed by atoms with Crippen LogP contribution in [0.1, 0.15) is 5.56 Å². The number of benzene rings is 1. The summed E-state index contributed by atoms with van der Waals surface area (Å²) >= 11 is 0. The normalized spacial score (nSPS) is 19.7. The quantitative estimate of drug-likeness (QED) is 0.571. The Hall–Kier alpha value is -1.01. The van der Waals surface area contributed by atoms with E-state index in [1.165, 1.54) is 5.56 Å². The Labute approximate surface area is 73.1 Å². The molecule has 12 heavy (non-hydrogen) atoms. The van der Waals surface area contributed by atoms with Gasteiger partial charge in [0.2, 0.25) is 0 Å². The molecule has 0 aliphatic carbocycles. The number of fused-ring (bicyclic) bond motifs is 1. The van der Waals surface area contributed by atoms with E-state index in [1.807, 2.05) is 24.3 Å². The summed E-state index contributed by atoms with van der Waals surface area (Å²) in [6.07, 6.45) is 4.56. The van der Waals surface area contributed by atoms with Crippen LogP contribution in [-0.4, -0.2) is 0 Å². The first-order valence-electron chi connectivity index (χ1n) is 3.77. The first kappa shape index (κ1) is 7.63. The van der Waals surface area contributed by atoms with E-state index in [-0.39, 0.29) is 9.03 Å². The fourth-order valence-corrected chi connectivity index (χ4v) is 1.58. The number of para-hydroxylation sites is 1. The minimum absolute atomic E-state index is 0.0705. The third kappa shape index (κ3) is 1.59. The molecule has 0 saturated carbocycles. The Kier molecular flexibility index (Phi) is 2.28. The van der Waals surface area contributed by atoms with Crippen molar-refractivity contribution in [2.45, 2.75) is 6.42 Å². The van der Waals surface area contributed by atoms with Crippen molar-refractivity contribution in [1.29, 1.82) is 0 Å². The molecular formula is C9H9O2P. The molecule has 1 aromatic carbocycles. The van der Waals surface area contributed by atoms with Crippen molar-refractivity contribution in [1.82, 2.24) is 0 Å². The first-order valence-corrected chi connectivity index (χ1v) is 4.59. The average molecular weight is 180 g/mol. The Bertz CT molecular complexity index is 296. The zero-order valence-corrected chi connectivity index (χ0v) is 7.49. The van der Waals surface area contributed by atoms with Gasteiger partial charge in [-0.25, -0.2) is 0 Å². The third-order valence-electron chi connectivity index (χ3n) is 1.67. The molecule has 0 N–H and O–H groups in total. The Balaban J connectivity index is 2.32. The lowest BCUT2D eigenvalue weighted by molar-refractivity contribution is 0.460. The van der Waals surface area contributed by atoms with Crippen LogP contribution in [0.25, 0.3) is 0 Å². The van der Waals surface area contributed by atoms with E-state index in [0.717, 1.165) is 12.2 Å². The molecule has 1 aliphatic heterocycles. The van der Waals surface area contributed by atoms with E-state index < -0.39 is 0 Å². The van der Waals surface area contributed by atoms with Gasteiger partial charge >= 0.3 is 0 Å². The maximum Gasteiger partial charge on any atom is 0.274 e. The molecule has 3 heteroatoms. The van der Waals surface area contributed by atoms with Crippen molar-refractivity contribution in [3.8, 4) is 5.75 Å². The molecule has 1 atom stereocenters. The predicted molar refractivity (Wildman–Crippen MR) is 49.3 cm³/mol. The highest BCUT2D eigenvalue weighted by Crippen LogP contribution is 2.28. The number of hydrogen-bond donors (Lipinski definition) is 0. The van der Waals surface area contributed by atoms with Gasteiger partial charge in [0.05, 0.1) is 6.26 Å². The van der Waals surface area contributed by atoms with Gasteiger partial charge in [-0.15, -0.1) is 0 Å². The Morgan fingerprint density at radius 3 is 3.17 bits per heavy atom. The lowest BCUT2D eigenvalue weighted by Gasteiger charge is -2.10. The molecule has 2 rings (SSSR count). The van der Waals surface area contributed by atoms with E-state index >= 15 is 0 Å². The molecule has 0 bridgehead atoms. The summed E-state index contributed by atoms with van der Waals surface area (Å²) in [5, 5.41) is 0. The van der Waals surface area contributed by atoms with E-state index in [4.69, 9.17) is 9.05 Å². The van der Waals surface area contributed by atoms with E-state index in [1.54, 1.807) is 6.26 Å². The van der Waals surface area contributed by atoms with Crippen LogP contribution in [0, 0.1) is 0 Å². The maximum absolute atomic E-state index is 5.38. The number of allylic oxidation sites excluding steroid dienone is 1. The predicted octanol–water partition coefficient (Wildman–Crippen LogP) is 2.66. The molecule has 1 heterocycles. The summed E-state index contributed by atoms with van der Waals surface area (Å²) in [5.41, 5.74) is 1.21. The van der Waals surface area contributed by atoms with Crippen LogP contribution in [0.5, 0.6) is 5.75 Å². The summed E-state index contributed by atoms with van der Waals surface area (Å²) in [7, 11) is 0.0705. The van der Waals surface area contributed by atoms with Crippen LogP contribution in [-0.2, 0) is 10.9 Å². The van der Waals surface area contributed by atoms with Gasteiger partial charge in [0.25, 0.3) is 9.03 Å². The van der Waals surface area contributed by atoms with E-state index in [2.05, 4.69) is 6.07 Å². The van der Waals surface area contributed by atoms with Crippen molar-refractivity contribution < 1.29 is 9.05 Å². The highest BCUT2D eigenvalue weighted by molar-refractivity contribution is 7.26. The molecule has 0 spiro atoms. The zero-order valence-electron chi connectivity index (χ0n) is 6.49. The molecule has 2 nitrogen and oxygen atoms in total. The Morgan fingerprint density at radius 1 is 1.25 bits per heavy atom. The van der Waals surface area contributed by atoms with Crippen LogP contribution < -0.4 is 4.52 Å². The van der Waals surface area contributed by atoms with Crippen molar-refractivity contribution in [3.63, 3.8) is 0 Å². The highest BCUT2D eigenvalue weighted by atomic mass is 31.1. The van der Waals surface area contributed by atoms with Crippen LogP contribution in [0.4, 0.5) is 0 Å². The van der Waals surface area contributed by atoms with Crippen molar-refractivity contribution in [2.24, 2.45) is 0 Å². The Morgan fingerprint density at radius 2 is 2.17 bits per heavy atom. The van der Waals surface area contributed by atoms with Gasteiger partial charge in [-0.2, -0.15) is 0 Å². The van der Waals surface area contributed by atoms with Gasteiger partial charge in [-0.1, -0.05) is 18.2 Å². The summed E-state index contributed by atoms with van der Waals surface area (Å²) in [6.45, 7) is 0. The van der Waals surface area contributed by atoms with Gasteiger partial charge in [0.15, 0.2) is 0 Å². The molecule has 0 fully saturated rings. The van der Waals surface area contributed by atoms with E-state index in [9.17, 15) is 0 Å².